The number of aromatic nitrogens is 2. The lowest BCUT2D eigenvalue weighted by Gasteiger charge is -2.17. The van der Waals surface area contributed by atoms with Gasteiger partial charge < -0.3 is 14.6 Å². The Labute approximate surface area is 208 Å². The molecule has 0 aliphatic heterocycles. The third-order valence-corrected chi connectivity index (χ3v) is 6.41. The number of aryl methyl sites for hydroxylation is 5. The highest BCUT2D eigenvalue weighted by atomic mass is 16.5. The number of imidazole rings is 1. The monoisotopic (exact) mass is 469 g/mol. The average Bonchev–Trinajstić information content (AvgIpc) is 3.19. The number of benzene rings is 3. The van der Waals surface area contributed by atoms with E-state index < -0.39 is 0 Å². The van der Waals surface area contributed by atoms with Crippen molar-refractivity contribution >= 4 is 16.9 Å². The van der Waals surface area contributed by atoms with Gasteiger partial charge in [-0.1, -0.05) is 47.5 Å². The van der Waals surface area contributed by atoms with Gasteiger partial charge in [0.2, 0.25) is 0 Å². The Bertz CT molecular complexity index is 1340. The molecule has 1 amide bonds. The molecule has 5 nitrogen and oxygen atoms in total. The molecular weight excluding hydrogens is 434 g/mol. The molecule has 182 valence electrons. The van der Waals surface area contributed by atoms with E-state index in [1.807, 2.05) is 63.2 Å². The Morgan fingerprint density at radius 3 is 2.40 bits per heavy atom. The Kier molecular flexibility index (Phi) is 7.54. The van der Waals surface area contributed by atoms with Crippen LogP contribution in [0.4, 0.5) is 0 Å². The van der Waals surface area contributed by atoms with Crippen LogP contribution in [0.5, 0.6) is 5.75 Å². The molecule has 0 radical (unpaired) electrons. The summed E-state index contributed by atoms with van der Waals surface area (Å²) in [5.74, 6) is 1.75. The van der Waals surface area contributed by atoms with E-state index >= 15 is 0 Å². The molecule has 35 heavy (non-hydrogen) atoms. The van der Waals surface area contributed by atoms with Crippen LogP contribution in [0, 0.1) is 27.7 Å². The smallest absolute Gasteiger partial charge is 0.252 e. The number of nitrogens with one attached hydrogen (secondary N) is 1. The second-order valence-electron chi connectivity index (χ2n) is 9.45. The minimum Gasteiger partial charge on any atom is -0.493 e. The summed E-state index contributed by atoms with van der Waals surface area (Å²) in [6.07, 6.45) is 1.89. The standard InChI is InChI=1S/C30H35N3O2/c1-20-12-14-25(22(3)18-20)30(34)31-24(5)29-32-26-10-6-7-11-27(26)33(29)16-8-9-17-35-28-15-13-21(2)19-23(28)4/h6-7,10-15,18-19,24H,8-9,16-17H2,1-5H3,(H,31,34). The zero-order valence-electron chi connectivity index (χ0n) is 21.4. The molecule has 1 heterocycles. The summed E-state index contributed by atoms with van der Waals surface area (Å²) in [5, 5.41) is 3.16. The number of para-hydroxylation sites is 2. The van der Waals surface area contributed by atoms with Gasteiger partial charge in [-0.15, -0.1) is 0 Å². The van der Waals surface area contributed by atoms with E-state index in [0.29, 0.717) is 12.2 Å². The number of carbonyl (C=O) groups excluding carboxylic acids is 1. The van der Waals surface area contributed by atoms with Gasteiger partial charge in [0.05, 0.1) is 23.7 Å². The van der Waals surface area contributed by atoms with Gasteiger partial charge in [0.25, 0.3) is 5.91 Å². The normalized spacial score (nSPS) is 12.0. The van der Waals surface area contributed by atoms with E-state index in [0.717, 1.165) is 53.1 Å². The zero-order chi connectivity index (χ0) is 24.9. The first kappa shape index (κ1) is 24.5. The largest absolute Gasteiger partial charge is 0.493 e. The highest BCUT2D eigenvalue weighted by Gasteiger charge is 2.19. The first-order valence-corrected chi connectivity index (χ1v) is 12.4. The van der Waals surface area contributed by atoms with Gasteiger partial charge in [-0.3, -0.25) is 4.79 Å². The number of fused-ring (bicyclic) bond motifs is 1. The molecule has 0 saturated carbocycles. The Hall–Kier alpha value is -3.60. The Morgan fingerprint density at radius 2 is 1.66 bits per heavy atom. The summed E-state index contributed by atoms with van der Waals surface area (Å²) < 4.78 is 8.25. The zero-order valence-corrected chi connectivity index (χ0v) is 21.4. The number of hydrogen-bond acceptors (Lipinski definition) is 3. The molecule has 1 N–H and O–H groups in total. The number of ether oxygens (including phenoxy) is 1. The molecule has 0 bridgehead atoms. The summed E-state index contributed by atoms with van der Waals surface area (Å²) >= 11 is 0. The van der Waals surface area contributed by atoms with Crippen molar-refractivity contribution in [3.05, 3.63) is 94.3 Å². The van der Waals surface area contributed by atoms with Crippen molar-refractivity contribution in [1.82, 2.24) is 14.9 Å². The third kappa shape index (κ3) is 5.73. The fourth-order valence-corrected chi connectivity index (χ4v) is 4.58. The van der Waals surface area contributed by atoms with Crippen LogP contribution >= 0.6 is 0 Å². The maximum Gasteiger partial charge on any atom is 0.252 e. The average molecular weight is 470 g/mol. The van der Waals surface area contributed by atoms with Crippen molar-refractivity contribution in [2.75, 3.05) is 6.61 Å². The Balaban J connectivity index is 1.44. The third-order valence-electron chi connectivity index (χ3n) is 6.41. The number of rotatable bonds is 9. The van der Waals surface area contributed by atoms with Crippen LogP contribution in [-0.2, 0) is 6.54 Å². The topological polar surface area (TPSA) is 56.1 Å². The minimum absolute atomic E-state index is 0.0736. The highest BCUT2D eigenvalue weighted by molar-refractivity contribution is 5.96. The van der Waals surface area contributed by atoms with Crippen molar-refractivity contribution in [1.29, 1.82) is 0 Å². The maximum atomic E-state index is 13.0. The van der Waals surface area contributed by atoms with Crippen molar-refractivity contribution in [3.8, 4) is 5.75 Å². The Morgan fingerprint density at radius 1 is 0.943 bits per heavy atom. The van der Waals surface area contributed by atoms with E-state index in [1.54, 1.807) is 0 Å². The van der Waals surface area contributed by atoms with Crippen LogP contribution < -0.4 is 10.1 Å². The van der Waals surface area contributed by atoms with Gasteiger partial charge in [0.1, 0.15) is 11.6 Å². The molecule has 0 saturated heterocycles. The first-order valence-electron chi connectivity index (χ1n) is 12.4. The van der Waals surface area contributed by atoms with Crippen LogP contribution in [0.1, 0.15) is 64.2 Å². The van der Waals surface area contributed by atoms with E-state index in [4.69, 9.17) is 9.72 Å². The molecule has 0 aliphatic carbocycles. The van der Waals surface area contributed by atoms with Crippen LogP contribution in [0.15, 0.2) is 60.7 Å². The molecule has 4 aromatic rings. The predicted molar refractivity (Wildman–Crippen MR) is 142 cm³/mol. The second-order valence-corrected chi connectivity index (χ2v) is 9.45. The van der Waals surface area contributed by atoms with Crippen LogP contribution in [0.3, 0.4) is 0 Å². The van der Waals surface area contributed by atoms with E-state index in [9.17, 15) is 4.79 Å². The minimum atomic E-state index is -0.220. The van der Waals surface area contributed by atoms with Crippen molar-refractivity contribution in [2.45, 2.75) is 60.0 Å². The van der Waals surface area contributed by atoms with Gasteiger partial charge in [-0.05, 0) is 82.9 Å². The molecule has 1 aromatic heterocycles. The summed E-state index contributed by atoms with van der Waals surface area (Å²) in [6, 6.07) is 20.1. The van der Waals surface area contributed by atoms with Crippen LogP contribution in [-0.4, -0.2) is 22.1 Å². The van der Waals surface area contributed by atoms with Crippen LogP contribution in [0.2, 0.25) is 0 Å². The van der Waals surface area contributed by atoms with Gasteiger partial charge in [0.15, 0.2) is 0 Å². The molecule has 1 unspecified atom stereocenters. The predicted octanol–water partition coefficient (Wildman–Crippen LogP) is 6.62. The molecule has 4 rings (SSSR count). The van der Waals surface area contributed by atoms with Crippen LogP contribution in [0.25, 0.3) is 11.0 Å². The maximum absolute atomic E-state index is 13.0. The molecule has 3 aromatic carbocycles. The number of amides is 1. The molecule has 1 atom stereocenters. The number of unbranched alkanes of at least 4 members (excludes halogenated alkanes) is 1. The number of carbonyl (C=O) groups is 1. The van der Waals surface area contributed by atoms with E-state index in [2.05, 4.69) is 41.9 Å². The van der Waals surface area contributed by atoms with Gasteiger partial charge in [-0.25, -0.2) is 4.98 Å². The van der Waals surface area contributed by atoms with E-state index in [1.165, 1.54) is 11.1 Å². The quantitative estimate of drug-likeness (QED) is 0.280. The molecular formula is C30H35N3O2. The molecule has 5 heteroatoms. The fraction of sp³-hybridized carbons (Fsp3) is 0.333. The summed E-state index contributed by atoms with van der Waals surface area (Å²) in [6.45, 7) is 11.7. The van der Waals surface area contributed by atoms with Crippen molar-refractivity contribution in [2.24, 2.45) is 0 Å². The van der Waals surface area contributed by atoms with Gasteiger partial charge in [-0.2, -0.15) is 0 Å². The summed E-state index contributed by atoms with van der Waals surface area (Å²) in [5.41, 5.74) is 7.28. The van der Waals surface area contributed by atoms with Crippen molar-refractivity contribution < 1.29 is 9.53 Å². The second kappa shape index (κ2) is 10.8. The number of nitrogens with zero attached hydrogens (tertiary/aromatic N) is 2. The lowest BCUT2D eigenvalue weighted by atomic mass is 10.0. The lowest BCUT2D eigenvalue weighted by Crippen LogP contribution is -2.29. The molecule has 0 aliphatic rings. The summed E-state index contributed by atoms with van der Waals surface area (Å²) in [7, 11) is 0. The number of hydrogen-bond donors (Lipinski definition) is 1. The fourth-order valence-electron chi connectivity index (χ4n) is 4.58. The van der Waals surface area contributed by atoms with Gasteiger partial charge >= 0.3 is 0 Å². The highest BCUT2D eigenvalue weighted by Crippen LogP contribution is 2.23. The molecule has 0 fully saturated rings. The van der Waals surface area contributed by atoms with Gasteiger partial charge in [0, 0.05) is 12.1 Å². The lowest BCUT2D eigenvalue weighted by molar-refractivity contribution is 0.0937. The van der Waals surface area contributed by atoms with Crippen molar-refractivity contribution in [3.63, 3.8) is 0 Å². The summed E-state index contributed by atoms with van der Waals surface area (Å²) in [4.78, 5) is 17.9. The van der Waals surface area contributed by atoms with E-state index in [-0.39, 0.29) is 11.9 Å². The SMILES string of the molecule is Cc1ccc(OCCCCn2c(C(C)NC(=O)c3ccc(C)cc3C)nc3ccccc32)c(C)c1. The first-order chi connectivity index (χ1) is 16.8. The molecule has 0 spiro atoms.